The van der Waals surface area contributed by atoms with Gasteiger partial charge in [-0.15, -0.1) is 0 Å². The summed E-state index contributed by atoms with van der Waals surface area (Å²) in [5, 5.41) is 7.25. The Morgan fingerprint density at radius 1 is 0.983 bits per heavy atom. The highest BCUT2D eigenvalue weighted by atomic mass is 32.2. The van der Waals surface area contributed by atoms with Crippen molar-refractivity contribution in [3.63, 3.8) is 0 Å². The highest BCUT2D eigenvalue weighted by Crippen LogP contribution is 2.53. The topological polar surface area (TPSA) is 192 Å². The highest BCUT2D eigenvalue weighted by Gasteiger charge is 2.63. The van der Waals surface area contributed by atoms with Crippen LogP contribution in [0.25, 0.3) is 10.8 Å². The Bertz CT molecular complexity index is 2150. The lowest BCUT2D eigenvalue weighted by Gasteiger charge is -2.33. The van der Waals surface area contributed by atoms with Gasteiger partial charge in [-0.1, -0.05) is 26.0 Å². The van der Waals surface area contributed by atoms with E-state index in [9.17, 15) is 27.6 Å². The molecule has 312 valence electrons. The van der Waals surface area contributed by atoms with E-state index >= 15 is 0 Å². The summed E-state index contributed by atoms with van der Waals surface area (Å²) in [4.78, 5) is 63.0. The van der Waals surface area contributed by atoms with Crippen molar-refractivity contribution < 1.29 is 46.5 Å². The Morgan fingerprint density at radius 2 is 1.76 bits per heavy atom. The van der Waals surface area contributed by atoms with Crippen molar-refractivity contribution in [3.05, 3.63) is 36.5 Å². The van der Waals surface area contributed by atoms with Crippen molar-refractivity contribution in [2.24, 2.45) is 29.6 Å². The number of sulfonamides is 1. The van der Waals surface area contributed by atoms with Crippen molar-refractivity contribution in [1.29, 1.82) is 0 Å². The molecule has 4 heterocycles. The maximum absolute atomic E-state index is 14.9. The lowest BCUT2D eigenvalue weighted by atomic mass is 9.88. The third kappa shape index (κ3) is 7.34. The molecular formula is C42H53N5O10S. The number of hydrogen-bond acceptors (Lipinski definition) is 11. The molecule has 1 saturated heterocycles. The Hall–Kier alpha value is -4.60. The van der Waals surface area contributed by atoms with Gasteiger partial charge >= 0.3 is 6.09 Å². The molecule has 15 nitrogen and oxygen atoms in total. The van der Waals surface area contributed by atoms with E-state index in [-0.39, 0.29) is 43.2 Å². The summed E-state index contributed by atoms with van der Waals surface area (Å²) in [6.45, 7) is 6.44. The van der Waals surface area contributed by atoms with Crippen LogP contribution in [-0.4, -0.2) is 96.5 Å². The number of alkyl carbamates (subject to hydrolysis) is 1. The molecule has 4 amide bonds. The molecule has 0 spiro atoms. The maximum atomic E-state index is 14.9. The minimum atomic E-state index is -4.00. The van der Waals surface area contributed by atoms with Crippen molar-refractivity contribution in [3.8, 4) is 17.4 Å². The molecular weight excluding hydrogens is 767 g/mol. The van der Waals surface area contributed by atoms with Gasteiger partial charge in [0.15, 0.2) is 11.5 Å². The summed E-state index contributed by atoms with van der Waals surface area (Å²) in [6, 6.07) is 3.30. The van der Waals surface area contributed by atoms with E-state index in [1.165, 1.54) is 11.3 Å². The number of fused-ring (bicyclic) bond motifs is 6. The van der Waals surface area contributed by atoms with Gasteiger partial charge in [0.05, 0.1) is 11.3 Å². The van der Waals surface area contributed by atoms with Crippen LogP contribution in [0.3, 0.4) is 0 Å². The molecule has 4 aliphatic carbocycles. The second-order valence-corrected chi connectivity index (χ2v) is 20.3. The van der Waals surface area contributed by atoms with Gasteiger partial charge in [0.25, 0.3) is 5.91 Å². The zero-order valence-corrected chi connectivity index (χ0v) is 34.1. The standard InChI is InChI=1S/C42H53N5O10S/c1-23-6-4-5-7-27-21-42(27,39(50)46-58(52,53)41(3)11-12-41)45-36(48)32-20-29(56-37-31-8-9-33-35(55-15-14-54-33)30(31)10-13-43-37)22-47(32)38(49)34(24(2)16-23)44-40(51)57-28-18-25-17-26(25)19-28/h5,7-10,13,23-29,32,34H,4,6,11-12,14-22H2,1-3H3,(H,44,51)(H,45,48)(H,46,50)/b7-5-/t23-,24+,25-,26+,27?,28?,29+,32-,34-,42+/m0/s1. The molecule has 4 saturated carbocycles. The molecule has 3 N–H and O–H groups in total. The Labute approximate surface area is 338 Å². The molecule has 1 aromatic heterocycles. The largest absolute Gasteiger partial charge is 0.486 e. The van der Waals surface area contributed by atoms with E-state index in [1.54, 1.807) is 19.2 Å². The molecule has 2 aromatic rings. The number of carbonyl (C=O) groups excluding carboxylic acids is 4. The normalized spacial score (nSPS) is 35.5. The zero-order chi connectivity index (χ0) is 40.6. The van der Waals surface area contributed by atoms with Gasteiger partial charge in [-0.25, -0.2) is 18.2 Å². The molecule has 9 rings (SSSR count). The summed E-state index contributed by atoms with van der Waals surface area (Å²) in [7, 11) is -4.00. The first kappa shape index (κ1) is 38.9. The van der Waals surface area contributed by atoms with E-state index in [1.807, 2.05) is 31.2 Å². The van der Waals surface area contributed by atoms with Crippen molar-refractivity contribution in [2.75, 3.05) is 19.8 Å². The summed E-state index contributed by atoms with van der Waals surface area (Å²) in [5.74, 6) is 0.200. The SMILES string of the molecule is C[C@H]1CC/C=C\C2C[C@@]2(C(=O)NS(=O)(=O)C2(C)CC2)NC(=O)[C@@H]2C[C@@H](Oc3nccc4c5c(ccc34)OCCO5)CN2C(=O)[C@@H](NC(=O)OC2C[C@@H]3C[C@@H]3C2)[C@H](C)C1. The van der Waals surface area contributed by atoms with E-state index in [0.29, 0.717) is 67.6 Å². The first-order chi connectivity index (χ1) is 27.7. The Balaban J connectivity index is 1.02. The average molecular weight is 820 g/mol. The van der Waals surface area contributed by atoms with Crippen LogP contribution in [0.15, 0.2) is 36.5 Å². The summed E-state index contributed by atoms with van der Waals surface area (Å²) in [5.41, 5.74) is -1.53. The lowest BCUT2D eigenvalue weighted by Crippen LogP contribution is -2.59. The smallest absolute Gasteiger partial charge is 0.408 e. The first-order valence-corrected chi connectivity index (χ1v) is 22.4. The summed E-state index contributed by atoms with van der Waals surface area (Å²) < 4.78 is 51.8. The van der Waals surface area contributed by atoms with Gasteiger partial charge in [-0.2, -0.15) is 0 Å². The van der Waals surface area contributed by atoms with Crippen LogP contribution >= 0.6 is 0 Å². The van der Waals surface area contributed by atoms with Gasteiger partial charge in [0.2, 0.25) is 27.7 Å². The van der Waals surface area contributed by atoms with Gasteiger partial charge in [0.1, 0.15) is 43.0 Å². The minimum absolute atomic E-state index is 0.0176. The predicted molar refractivity (Wildman–Crippen MR) is 210 cm³/mol. The van der Waals surface area contributed by atoms with Crippen molar-refractivity contribution >= 4 is 44.6 Å². The molecule has 1 aromatic carbocycles. The number of carbonyl (C=O) groups is 4. The summed E-state index contributed by atoms with van der Waals surface area (Å²) in [6.07, 6.45) is 9.92. The quantitative estimate of drug-likeness (QED) is 0.341. The summed E-state index contributed by atoms with van der Waals surface area (Å²) >= 11 is 0. The van der Waals surface area contributed by atoms with Crippen molar-refractivity contribution in [2.45, 2.75) is 120 Å². The minimum Gasteiger partial charge on any atom is -0.486 e. The van der Waals surface area contributed by atoms with E-state index in [0.717, 1.165) is 24.6 Å². The van der Waals surface area contributed by atoms with Crippen LogP contribution in [0, 0.1) is 29.6 Å². The molecule has 0 radical (unpaired) electrons. The number of pyridine rings is 1. The van der Waals surface area contributed by atoms with E-state index < -0.39 is 68.2 Å². The molecule has 7 aliphatic rings. The predicted octanol–water partition coefficient (Wildman–Crippen LogP) is 4.13. The number of ether oxygens (including phenoxy) is 4. The van der Waals surface area contributed by atoms with Crippen LogP contribution in [0.4, 0.5) is 4.79 Å². The number of benzene rings is 1. The second-order valence-electron chi connectivity index (χ2n) is 18.1. The number of nitrogens with one attached hydrogen (secondary N) is 3. The highest BCUT2D eigenvalue weighted by molar-refractivity contribution is 7.91. The molecule has 58 heavy (non-hydrogen) atoms. The number of rotatable bonds is 7. The van der Waals surface area contributed by atoms with Crippen LogP contribution in [0.5, 0.6) is 17.4 Å². The van der Waals surface area contributed by atoms with Crippen LogP contribution in [0.1, 0.15) is 85.0 Å². The second kappa shape index (κ2) is 14.6. The Kier molecular flexibility index (Phi) is 9.79. The molecule has 16 heteroatoms. The first-order valence-electron chi connectivity index (χ1n) is 20.9. The number of nitrogens with zero attached hydrogens (tertiary/aromatic N) is 2. The number of amides is 4. The Morgan fingerprint density at radius 3 is 2.53 bits per heavy atom. The molecule has 10 atom stereocenters. The fourth-order valence-corrected chi connectivity index (χ4v) is 11.0. The zero-order valence-electron chi connectivity index (χ0n) is 33.2. The molecule has 0 bridgehead atoms. The third-order valence-electron chi connectivity index (χ3n) is 13.7. The fraction of sp³-hybridized carbons (Fsp3) is 0.643. The van der Waals surface area contributed by atoms with E-state index in [2.05, 4.69) is 27.3 Å². The number of hydrogen-bond donors (Lipinski definition) is 3. The maximum Gasteiger partial charge on any atom is 0.408 e. The van der Waals surface area contributed by atoms with Crippen LogP contribution in [-0.2, 0) is 29.1 Å². The van der Waals surface area contributed by atoms with Gasteiger partial charge in [-0.3, -0.25) is 19.1 Å². The van der Waals surface area contributed by atoms with Gasteiger partial charge in [-0.05, 0) is 107 Å². The molecule has 3 aliphatic heterocycles. The van der Waals surface area contributed by atoms with Gasteiger partial charge < -0.3 is 34.5 Å². The third-order valence-corrected chi connectivity index (χ3v) is 15.8. The molecule has 5 fully saturated rings. The average Bonchev–Trinajstić information content (AvgIpc) is 4.15. The van der Waals surface area contributed by atoms with E-state index in [4.69, 9.17) is 18.9 Å². The van der Waals surface area contributed by atoms with Crippen molar-refractivity contribution in [1.82, 2.24) is 25.2 Å². The van der Waals surface area contributed by atoms with Crippen LogP contribution in [0.2, 0.25) is 0 Å². The molecule has 2 unspecified atom stereocenters. The fourth-order valence-electron chi connectivity index (χ4n) is 9.65. The number of aromatic nitrogens is 1. The van der Waals surface area contributed by atoms with Crippen LogP contribution < -0.4 is 29.6 Å². The van der Waals surface area contributed by atoms with Gasteiger partial charge in [0, 0.05) is 29.3 Å². The monoisotopic (exact) mass is 819 g/mol. The lowest BCUT2D eigenvalue weighted by molar-refractivity contribution is -0.142. The number of allylic oxidation sites excluding steroid dienone is 1.